The Kier molecular flexibility index (Phi) is 3.53. The van der Waals surface area contributed by atoms with Gasteiger partial charge in [0.15, 0.2) is 0 Å². The van der Waals surface area contributed by atoms with Gasteiger partial charge < -0.3 is 23.8 Å². The predicted octanol–water partition coefficient (Wildman–Crippen LogP) is 1.54. The zero-order valence-electron chi connectivity index (χ0n) is 10.9. The van der Waals surface area contributed by atoms with Crippen LogP contribution in [0.4, 0.5) is 0 Å². The van der Waals surface area contributed by atoms with Crippen LogP contribution in [0, 0.1) is 0 Å². The molecule has 1 atom stereocenters. The Labute approximate surface area is 115 Å². The van der Waals surface area contributed by atoms with Crippen molar-refractivity contribution in [2.24, 2.45) is 0 Å². The summed E-state index contributed by atoms with van der Waals surface area (Å²) in [5, 5.41) is 13.8. The van der Waals surface area contributed by atoms with Crippen molar-refractivity contribution in [1.29, 1.82) is 0 Å². The van der Waals surface area contributed by atoms with E-state index in [0.717, 1.165) is 0 Å². The van der Waals surface area contributed by atoms with E-state index in [-0.39, 0.29) is 17.7 Å². The molecule has 1 N–H and O–H groups in total. The van der Waals surface area contributed by atoms with E-state index in [0.29, 0.717) is 37.0 Å². The zero-order chi connectivity index (χ0) is 13.9. The SMILES string of the molecule is COc1ccc(-c2nc(C3COCCO3)no2)c(O)c1. The van der Waals surface area contributed by atoms with Crippen molar-refractivity contribution in [3.63, 3.8) is 0 Å². The number of nitrogens with zero attached hydrogens (tertiary/aromatic N) is 2. The van der Waals surface area contributed by atoms with Crippen molar-refractivity contribution in [2.75, 3.05) is 26.9 Å². The van der Waals surface area contributed by atoms with E-state index < -0.39 is 0 Å². The summed E-state index contributed by atoms with van der Waals surface area (Å²) in [7, 11) is 1.53. The highest BCUT2D eigenvalue weighted by Crippen LogP contribution is 2.32. The average molecular weight is 278 g/mol. The van der Waals surface area contributed by atoms with E-state index in [9.17, 15) is 5.11 Å². The molecule has 1 unspecified atom stereocenters. The quantitative estimate of drug-likeness (QED) is 0.911. The van der Waals surface area contributed by atoms with Crippen LogP contribution in [-0.4, -0.2) is 42.2 Å². The van der Waals surface area contributed by atoms with Crippen LogP contribution in [0.5, 0.6) is 11.5 Å². The number of phenolic OH excluding ortho intramolecular Hbond substituents is 1. The second kappa shape index (κ2) is 5.48. The maximum Gasteiger partial charge on any atom is 0.261 e. The number of benzene rings is 1. The molecule has 0 saturated carbocycles. The molecule has 1 aliphatic heterocycles. The van der Waals surface area contributed by atoms with E-state index in [1.54, 1.807) is 12.1 Å². The fourth-order valence-electron chi connectivity index (χ4n) is 1.93. The van der Waals surface area contributed by atoms with Gasteiger partial charge in [-0.15, -0.1) is 0 Å². The Hall–Kier alpha value is -2.12. The lowest BCUT2D eigenvalue weighted by Gasteiger charge is -2.19. The first-order chi connectivity index (χ1) is 9.78. The molecule has 1 saturated heterocycles. The van der Waals surface area contributed by atoms with Crippen molar-refractivity contribution in [2.45, 2.75) is 6.10 Å². The summed E-state index contributed by atoms with van der Waals surface area (Å²) >= 11 is 0. The van der Waals surface area contributed by atoms with Crippen LogP contribution in [0.15, 0.2) is 22.7 Å². The third kappa shape index (κ3) is 2.45. The number of rotatable bonds is 3. The smallest absolute Gasteiger partial charge is 0.261 e. The number of phenols is 1. The van der Waals surface area contributed by atoms with Crippen LogP contribution in [0.3, 0.4) is 0 Å². The molecular formula is C13H14N2O5. The fraction of sp³-hybridized carbons (Fsp3) is 0.385. The highest BCUT2D eigenvalue weighted by Gasteiger charge is 2.23. The Bertz CT molecular complexity index is 592. The van der Waals surface area contributed by atoms with Crippen molar-refractivity contribution in [3.8, 4) is 23.0 Å². The molecular weight excluding hydrogens is 264 g/mol. The number of ether oxygens (including phenoxy) is 3. The molecule has 20 heavy (non-hydrogen) atoms. The molecule has 1 aromatic heterocycles. The van der Waals surface area contributed by atoms with Gasteiger partial charge >= 0.3 is 0 Å². The van der Waals surface area contributed by atoms with Crippen molar-refractivity contribution >= 4 is 0 Å². The molecule has 1 fully saturated rings. The third-order valence-corrected chi connectivity index (χ3v) is 2.98. The normalized spacial score (nSPS) is 18.9. The maximum atomic E-state index is 9.93. The third-order valence-electron chi connectivity index (χ3n) is 2.98. The first-order valence-corrected chi connectivity index (χ1v) is 6.18. The molecule has 1 aromatic carbocycles. The lowest BCUT2D eigenvalue weighted by molar-refractivity contribution is -0.0941. The average Bonchev–Trinajstić information content (AvgIpc) is 2.97. The van der Waals surface area contributed by atoms with Gasteiger partial charge in [-0.3, -0.25) is 0 Å². The Balaban J connectivity index is 1.85. The number of hydrogen-bond donors (Lipinski definition) is 1. The molecule has 0 aliphatic carbocycles. The highest BCUT2D eigenvalue weighted by molar-refractivity contribution is 5.63. The van der Waals surface area contributed by atoms with Crippen LogP contribution in [0.25, 0.3) is 11.5 Å². The minimum Gasteiger partial charge on any atom is -0.507 e. The Morgan fingerprint density at radius 3 is 2.95 bits per heavy atom. The van der Waals surface area contributed by atoms with E-state index in [2.05, 4.69) is 10.1 Å². The minimum atomic E-state index is -0.332. The minimum absolute atomic E-state index is 0.0142. The Morgan fingerprint density at radius 1 is 1.35 bits per heavy atom. The van der Waals surface area contributed by atoms with E-state index in [1.807, 2.05) is 0 Å². The van der Waals surface area contributed by atoms with E-state index in [1.165, 1.54) is 13.2 Å². The van der Waals surface area contributed by atoms with Gasteiger partial charge in [0.2, 0.25) is 5.82 Å². The molecule has 2 aromatic rings. The molecule has 0 bridgehead atoms. The monoisotopic (exact) mass is 278 g/mol. The van der Waals surface area contributed by atoms with Gasteiger partial charge in [-0.05, 0) is 12.1 Å². The number of aromatic hydroxyl groups is 1. The summed E-state index contributed by atoms with van der Waals surface area (Å²) in [5.74, 6) is 1.21. The number of aromatic nitrogens is 2. The first-order valence-electron chi connectivity index (χ1n) is 6.18. The van der Waals surface area contributed by atoms with Gasteiger partial charge in [-0.1, -0.05) is 5.16 Å². The molecule has 7 heteroatoms. The van der Waals surface area contributed by atoms with E-state index >= 15 is 0 Å². The van der Waals surface area contributed by atoms with Crippen molar-refractivity contribution in [1.82, 2.24) is 10.1 Å². The molecule has 0 amide bonds. The summed E-state index contributed by atoms with van der Waals surface area (Å²) in [5.41, 5.74) is 0.446. The fourth-order valence-corrected chi connectivity index (χ4v) is 1.93. The number of hydrogen-bond acceptors (Lipinski definition) is 7. The second-order valence-corrected chi connectivity index (χ2v) is 4.28. The number of methoxy groups -OCH3 is 1. The van der Waals surface area contributed by atoms with Crippen LogP contribution < -0.4 is 4.74 Å². The van der Waals surface area contributed by atoms with Crippen LogP contribution in [0.1, 0.15) is 11.9 Å². The molecule has 106 valence electrons. The van der Waals surface area contributed by atoms with E-state index in [4.69, 9.17) is 18.7 Å². The van der Waals surface area contributed by atoms with Crippen molar-refractivity contribution in [3.05, 3.63) is 24.0 Å². The first kappa shape index (κ1) is 12.9. The van der Waals surface area contributed by atoms with Gasteiger partial charge in [0, 0.05) is 6.07 Å². The van der Waals surface area contributed by atoms with Gasteiger partial charge in [-0.25, -0.2) is 0 Å². The molecule has 0 radical (unpaired) electrons. The topological polar surface area (TPSA) is 86.8 Å². The molecule has 2 heterocycles. The highest BCUT2D eigenvalue weighted by atomic mass is 16.6. The largest absolute Gasteiger partial charge is 0.507 e. The molecule has 0 spiro atoms. The maximum absolute atomic E-state index is 9.93. The Morgan fingerprint density at radius 2 is 2.25 bits per heavy atom. The van der Waals surface area contributed by atoms with Crippen LogP contribution in [0.2, 0.25) is 0 Å². The summed E-state index contributed by atoms with van der Waals surface area (Å²) in [6, 6.07) is 4.85. The van der Waals surface area contributed by atoms with Gasteiger partial charge in [0.1, 0.15) is 17.6 Å². The zero-order valence-corrected chi connectivity index (χ0v) is 10.9. The van der Waals surface area contributed by atoms with Crippen molar-refractivity contribution < 1.29 is 23.8 Å². The lowest BCUT2D eigenvalue weighted by Crippen LogP contribution is -2.22. The summed E-state index contributed by atoms with van der Waals surface area (Å²) in [4.78, 5) is 4.24. The van der Waals surface area contributed by atoms with Crippen LogP contribution in [-0.2, 0) is 9.47 Å². The van der Waals surface area contributed by atoms with Gasteiger partial charge in [0.25, 0.3) is 5.89 Å². The standard InChI is InChI=1S/C13H14N2O5/c1-17-8-2-3-9(10(16)6-8)13-14-12(15-20-13)11-7-18-4-5-19-11/h2-3,6,11,16H,4-5,7H2,1H3. The predicted molar refractivity (Wildman–Crippen MR) is 67.5 cm³/mol. The van der Waals surface area contributed by atoms with Gasteiger partial charge in [-0.2, -0.15) is 4.98 Å². The molecule has 7 nitrogen and oxygen atoms in total. The van der Waals surface area contributed by atoms with Gasteiger partial charge in [0.05, 0.1) is 32.5 Å². The molecule has 1 aliphatic rings. The second-order valence-electron chi connectivity index (χ2n) is 4.28. The summed E-state index contributed by atoms with van der Waals surface area (Å²) in [6.07, 6.45) is -0.332. The molecule has 3 rings (SSSR count). The summed E-state index contributed by atoms with van der Waals surface area (Å²) in [6.45, 7) is 1.47. The van der Waals surface area contributed by atoms with Crippen LogP contribution >= 0.6 is 0 Å². The lowest BCUT2D eigenvalue weighted by atomic mass is 10.2. The summed E-state index contributed by atoms with van der Waals surface area (Å²) < 4.78 is 21.0.